The number of methoxy groups -OCH3 is 1. The molecule has 0 aromatic carbocycles. The van der Waals surface area contributed by atoms with Crippen molar-refractivity contribution in [3.8, 4) is 6.07 Å². The van der Waals surface area contributed by atoms with Crippen molar-refractivity contribution in [3.63, 3.8) is 0 Å². The summed E-state index contributed by atoms with van der Waals surface area (Å²) in [6.45, 7) is 0. The lowest BCUT2D eigenvalue weighted by Crippen LogP contribution is -2.03. The smallest absolute Gasteiger partial charge is 0.357 e. The Morgan fingerprint density at radius 3 is 3.00 bits per heavy atom. The Hall–Kier alpha value is -2.03. The lowest BCUT2D eigenvalue weighted by molar-refractivity contribution is 0.0594. The van der Waals surface area contributed by atoms with Crippen LogP contribution in [0.5, 0.6) is 0 Å². The minimum Gasteiger partial charge on any atom is -0.464 e. The third-order valence-electron chi connectivity index (χ3n) is 1.22. The molecule has 0 aliphatic rings. The molecule has 0 amide bonds. The Morgan fingerprint density at radius 2 is 2.50 bits per heavy atom. The molecule has 0 aliphatic heterocycles. The number of nitriles is 1. The maximum Gasteiger partial charge on any atom is 0.357 e. The second-order valence-electron chi connectivity index (χ2n) is 1.95. The van der Waals surface area contributed by atoms with E-state index in [9.17, 15) is 4.79 Å². The standard InChI is InChI=1S/C6H6N4O2/c1-12-5(11)4-3(2-7)9-6(8)10-4/h1H3,(H3,8,9,10). The number of nitrogens with zero attached hydrogens (tertiary/aromatic N) is 2. The van der Waals surface area contributed by atoms with Gasteiger partial charge in [-0.15, -0.1) is 0 Å². The first-order valence-corrected chi connectivity index (χ1v) is 3.03. The molecule has 0 radical (unpaired) electrons. The molecule has 62 valence electrons. The quantitative estimate of drug-likeness (QED) is 0.555. The fourth-order valence-electron chi connectivity index (χ4n) is 0.722. The van der Waals surface area contributed by atoms with Crippen molar-refractivity contribution in [2.24, 2.45) is 0 Å². The average molecular weight is 166 g/mol. The van der Waals surface area contributed by atoms with Crippen molar-refractivity contribution < 1.29 is 9.53 Å². The van der Waals surface area contributed by atoms with Crippen LogP contribution in [0.25, 0.3) is 0 Å². The fraction of sp³-hybridized carbons (Fsp3) is 0.167. The summed E-state index contributed by atoms with van der Waals surface area (Å²) in [6.07, 6.45) is 0. The maximum atomic E-state index is 10.9. The summed E-state index contributed by atoms with van der Waals surface area (Å²) in [4.78, 5) is 16.9. The normalized spacial score (nSPS) is 9.00. The van der Waals surface area contributed by atoms with E-state index < -0.39 is 5.97 Å². The molecular weight excluding hydrogens is 160 g/mol. The fourth-order valence-corrected chi connectivity index (χ4v) is 0.722. The topological polar surface area (TPSA) is 105 Å². The van der Waals surface area contributed by atoms with Gasteiger partial charge in [0, 0.05) is 0 Å². The molecule has 1 heterocycles. The van der Waals surface area contributed by atoms with E-state index >= 15 is 0 Å². The number of hydrogen-bond donors (Lipinski definition) is 2. The molecule has 12 heavy (non-hydrogen) atoms. The summed E-state index contributed by atoms with van der Waals surface area (Å²) in [5.74, 6) is -0.636. The number of hydrogen-bond acceptors (Lipinski definition) is 5. The second-order valence-corrected chi connectivity index (χ2v) is 1.95. The molecule has 0 bridgehead atoms. The number of aromatic nitrogens is 2. The van der Waals surface area contributed by atoms with Crippen LogP contribution in [-0.2, 0) is 4.74 Å². The van der Waals surface area contributed by atoms with Crippen molar-refractivity contribution in [1.29, 1.82) is 5.26 Å². The largest absolute Gasteiger partial charge is 0.464 e. The van der Waals surface area contributed by atoms with E-state index in [0.717, 1.165) is 0 Å². The Balaban J connectivity index is 3.15. The molecule has 0 saturated heterocycles. The van der Waals surface area contributed by atoms with Crippen LogP contribution in [0.2, 0.25) is 0 Å². The molecule has 0 unspecified atom stereocenters. The summed E-state index contributed by atoms with van der Waals surface area (Å²) in [5, 5.41) is 8.48. The van der Waals surface area contributed by atoms with Crippen LogP contribution >= 0.6 is 0 Å². The van der Waals surface area contributed by atoms with Crippen LogP contribution in [0, 0.1) is 11.3 Å². The first-order chi connectivity index (χ1) is 5.69. The monoisotopic (exact) mass is 166 g/mol. The van der Waals surface area contributed by atoms with E-state index in [-0.39, 0.29) is 17.3 Å². The van der Waals surface area contributed by atoms with E-state index in [0.29, 0.717) is 0 Å². The van der Waals surface area contributed by atoms with Gasteiger partial charge in [0.15, 0.2) is 17.3 Å². The highest BCUT2D eigenvalue weighted by Gasteiger charge is 2.15. The summed E-state index contributed by atoms with van der Waals surface area (Å²) >= 11 is 0. The van der Waals surface area contributed by atoms with E-state index in [4.69, 9.17) is 11.0 Å². The summed E-state index contributed by atoms with van der Waals surface area (Å²) in [7, 11) is 1.21. The average Bonchev–Trinajstić information content (AvgIpc) is 2.45. The van der Waals surface area contributed by atoms with Crippen molar-refractivity contribution in [1.82, 2.24) is 9.97 Å². The Kier molecular flexibility index (Phi) is 1.96. The zero-order chi connectivity index (χ0) is 9.14. The van der Waals surface area contributed by atoms with Crippen molar-refractivity contribution in [2.75, 3.05) is 12.8 Å². The van der Waals surface area contributed by atoms with Crippen LogP contribution in [0.1, 0.15) is 16.2 Å². The minimum absolute atomic E-state index is 0.0162. The first-order valence-electron chi connectivity index (χ1n) is 3.03. The maximum absolute atomic E-state index is 10.9. The van der Waals surface area contributed by atoms with E-state index in [1.807, 2.05) is 0 Å². The minimum atomic E-state index is -0.657. The van der Waals surface area contributed by atoms with Gasteiger partial charge in [0.05, 0.1) is 7.11 Å². The van der Waals surface area contributed by atoms with Gasteiger partial charge in [-0.25, -0.2) is 9.78 Å². The summed E-state index contributed by atoms with van der Waals surface area (Å²) < 4.78 is 4.38. The molecule has 3 N–H and O–H groups in total. The molecule has 0 atom stereocenters. The van der Waals surface area contributed by atoms with Crippen LogP contribution in [0.3, 0.4) is 0 Å². The number of carbonyl (C=O) groups is 1. The van der Waals surface area contributed by atoms with Gasteiger partial charge in [0.25, 0.3) is 0 Å². The molecule has 0 fully saturated rings. The zero-order valence-corrected chi connectivity index (χ0v) is 6.29. The van der Waals surface area contributed by atoms with Gasteiger partial charge in [0.2, 0.25) is 0 Å². The number of nitrogens with one attached hydrogen (secondary N) is 1. The Morgan fingerprint density at radius 1 is 1.83 bits per heavy atom. The number of aromatic amines is 1. The number of imidazole rings is 1. The molecule has 1 aromatic rings. The highest BCUT2D eigenvalue weighted by molar-refractivity contribution is 5.89. The SMILES string of the molecule is COC(=O)c1[nH]c(N)nc1C#N. The third kappa shape index (κ3) is 1.20. The number of anilines is 1. The van der Waals surface area contributed by atoms with Gasteiger partial charge in [0.1, 0.15) is 6.07 Å². The lowest BCUT2D eigenvalue weighted by Gasteiger charge is -1.92. The van der Waals surface area contributed by atoms with Crippen LogP contribution in [-0.4, -0.2) is 23.0 Å². The summed E-state index contributed by atoms with van der Waals surface area (Å²) in [6, 6.07) is 1.71. The van der Waals surface area contributed by atoms with Gasteiger partial charge >= 0.3 is 5.97 Å². The number of ether oxygens (including phenoxy) is 1. The molecule has 1 aromatic heterocycles. The number of nitrogens with two attached hydrogens (primary N) is 1. The Labute approximate surface area is 68.0 Å². The first kappa shape index (κ1) is 8.07. The van der Waals surface area contributed by atoms with Crippen LogP contribution < -0.4 is 5.73 Å². The highest BCUT2D eigenvalue weighted by Crippen LogP contribution is 2.06. The highest BCUT2D eigenvalue weighted by atomic mass is 16.5. The lowest BCUT2D eigenvalue weighted by atomic mass is 10.3. The van der Waals surface area contributed by atoms with E-state index in [1.54, 1.807) is 6.07 Å². The van der Waals surface area contributed by atoms with Gasteiger partial charge in [-0.05, 0) is 0 Å². The van der Waals surface area contributed by atoms with Crippen molar-refractivity contribution in [2.45, 2.75) is 0 Å². The molecule has 0 saturated carbocycles. The molecule has 0 aliphatic carbocycles. The Bertz CT molecular complexity index is 349. The van der Waals surface area contributed by atoms with Crippen LogP contribution in [0.4, 0.5) is 5.95 Å². The van der Waals surface area contributed by atoms with Gasteiger partial charge < -0.3 is 15.5 Å². The van der Waals surface area contributed by atoms with Gasteiger partial charge in [-0.1, -0.05) is 0 Å². The second kappa shape index (κ2) is 2.92. The van der Waals surface area contributed by atoms with Crippen molar-refractivity contribution >= 4 is 11.9 Å². The number of nitrogen functional groups attached to an aromatic ring is 1. The van der Waals surface area contributed by atoms with E-state index in [2.05, 4.69) is 14.7 Å². The molecule has 0 spiro atoms. The van der Waals surface area contributed by atoms with Gasteiger partial charge in [-0.3, -0.25) is 0 Å². The predicted molar refractivity (Wildman–Crippen MR) is 39.1 cm³/mol. The van der Waals surface area contributed by atoms with Crippen molar-refractivity contribution in [3.05, 3.63) is 11.4 Å². The van der Waals surface area contributed by atoms with Gasteiger partial charge in [-0.2, -0.15) is 5.26 Å². The predicted octanol–water partition coefficient (Wildman–Crippen LogP) is -0.350. The third-order valence-corrected chi connectivity index (χ3v) is 1.22. The molecule has 6 nitrogen and oxygen atoms in total. The number of H-pyrrole nitrogens is 1. The number of rotatable bonds is 1. The molecular formula is C6H6N4O2. The zero-order valence-electron chi connectivity index (χ0n) is 6.29. The van der Waals surface area contributed by atoms with E-state index in [1.165, 1.54) is 7.11 Å². The number of esters is 1. The summed E-state index contributed by atoms with van der Waals surface area (Å²) in [5.41, 5.74) is 5.15. The number of carbonyl (C=O) groups excluding carboxylic acids is 1. The molecule has 6 heteroatoms. The van der Waals surface area contributed by atoms with Crippen LogP contribution in [0.15, 0.2) is 0 Å². The molecule has 1 rings (SSSR count).